The van der Waals surface area contributed by atoms with Crippen LogP contribution in [-0.2, 0) is 11.3 Å². The number of hydrogen-bond acceptors (Lipinski definition) is 4. The highest BCUT2D eigenvalue weighted by Gasteiger charge is 2.40. The van der Waals surface area contributed by atoms with Crippen molar-refractivity contribution in [2.75, 3.05) is 19.6 Å². The Balaban J connectivity index is 1.35. The van der Waals surface area contributed by atoms with E-state index >= 15 is 0 Å². The topological polar surface area (TPSA) is 79.7 Å². The van der Waals surface area contributed by atoms with E-state index in [-0.39, 0.29) is 29.8 Å². The number of amides is 3. The lowest BCUT2D eigenvalue weighted by Crippen LogP contribution is -2.51. The van der Waals surface area contributed by atoms with Gasteiger partial charge < -0.3 is 9.47 Å². The van der Waals surface area contributed by atoms with Crippen LogP contribution in [0, 0.1) is 5.92 Å². The van der Waals surface area contributed by atoms with Crippen LogP contribution >= 0.6 is 0 Å². The fourth-order valence-corrected chi connectivity index (χ4v) is 4.72. The zero-order valence-corrected chi connectivity index (χ0v) is 15.2. The Bertz CT molecular complexity index is 1040. The molecule has 1 fully saturated rings. The van der Waals surface area contributed by atoms with Crippen LogP contribution < -0.4 is 5.56 Å². The van der Waals surface area contributed by atoms with Crippen molar-refractivity contribution < 1.29 is 14.4 Å². The van der Waals surface area contributed by atoms with E-state index in [1.807, 2.05) is 10.6 Å². The summed E-state index contributed by atoms with van der Waals surface area (Å²) in [5.41, 5.74) is 1.66. The molecule has 3 amide bonds. The SMILES string of the molecule is O=C(CN1C(=O)c2ccccc2C1=O)N1C[C@H]2C[C@@H](C1)c1cccc(=O)n1C2. The number of aromatic nitrogens is 1. The Morgan fingerprint density at radius 2 is 1.61 bits per heavy atom. The average molecular weight is 377 g/mol. The Morgan fingerprint density at radius 1 is 0.893 bits per heavy atom. The van der Waals surface area contributed by atoms with Gasteiger partial charge in [-0.2, -0.15) is 0 Å². The van der Waals surface area contributed by atoms with Crippen molar-refractivity contribution in [3.63, 3.8) is 0 Å². The number of carbonyl (C=O) groups excluding carboxylic acids is 3. The quantitative estimate of drug-likeness (QED) is 0.734. The first-order chi connectivity index (χ1) is 13.5. The fourth-order valence-electron chi connectivity index (χ4n) is 4.72. The van der Waals surface area contributed by atoms with Crippen LogP contribution in [0.15, 0.2) is 47.3 Å². The molecule has 142 valence electrons. The Labute approximate surface area is 161 Å². The molecule has 0 aliphatic carbocycles. The smallest absolute Gasteiger partial charge is 0.262 e. The molecule has 1 saturated heterocycles. The average Bonchev–Trinajstić information content (AvgIpc) is 2.94. The molecule has 3 aliphatic heterocycles. The minimum absolute atomic E-state index is 0.00185. The summed E-state index contributed by atoms with van der Waals surface area (Å²) in [6, 6.07) is 11.9. The highest BCUT2D eigenvalue weighted by Crippen LogP contribution is 2.35. The Morgan fingerprint density at radius 3 is 2.32 bits per heavy atom. The number of likely N-dealkylation sites (tertiary alicyclic amines) is 1. The zero-order valence-electron chi connectivity index (χ0n) is 15.2. The van der Waals surface area contributed by atoms with Gasteiger partial charge in [-0.3, -0.25) is 24.1 Å². The van der Waals surface area contributed by atoms with Gasteiger partial charge >= 0.3 is 0 Å². The van der Waals surface area contributed by atoms with E-state index in [2.05, 4.69) is 0 Å². The van der Waals surface area contributed by atoms with E-state index in [1.54, 1.807) is 41.3 Å². The van der Waals surface area contributed by atoms with Gasteiger partial charge in [0.1, 0.15) is 6.54 Å². The number of nitrogens with zero attached hydrogens (tertiary/aromatic N) is 3. The van der Waals surface area contributed by atoms with Crippen molar-refractivity contribution in [2.45, 2.75) is 18.9 Å². The van der Waals surface area contributed by atoms with E-state index in [0.717, 1.165) is 17.0 Å². The number of fused-ring (bicyclic) bond motifs is 5. The van der Waals surface area contributed by atoms with Crippen LogP contribution in [0.5, 0.6) is 0 Å². The summed E-state index contributed by atoms with van der Waals surface area (Å²) in [6.45, 7) is 1.40. The van der Waals surface area contributed by atoms with Crippen molar-refractivity contribution in [3.05, 3.63) is 69.6 Å². The van der Waals surface area contributed by atoms with Crippen LogP contribution in [-0.4, -0.2) is 51.7 Å². The van der Waals surface area contributed by atoms with Crippen molar-refractivity contribution >= 4 is 17.7 Å². The van der Waals surface area contributed by atoms with Crippen molar-refractivity contribution in [3.8, 4) is 0 Å². The molecule has 0 N–H and O–H groups in total. The van der Waals surface area contributed by atoms with E-state index < -0.39 is 11.8 Å². The number of carbonyl (C=O) groups is 3. The van der Waals surface area contributed by atoms with Crippen LogP contribution in [0.1, 0.15) is 38.7 Å². The molecule has 0 radical (unpaired) electrons. The van der Waals surface area contributed by atoms with Gasteiger partial charge in [0.05, 0.1) is 11.1 Å². The minimum Gasteiger partial charge on any atom is -0.340 e. The number of pyridine rings is 1. The van der Waals surface area contributed by atoms with Crippen molar-refractivity contribution in [1.82, 2.24) is 14.4 Å². The van der Waals surface area contributed by atoms with Crippen LogP contribution in [0.3, 0.4) is 0 Å². The van der Waals surface area contributed by atoms with Crippen molar-refractivity contribution in [2.24, 2.45) is 5.92 Å². The Kier molecular flexibility index (Phi) is 3.72. The lowest BCUT2D eigenvalue weighted by Gasteiger charge is -2.43. The summed E-state index contributed by atoms with van der Waals surface area (Å²) in [6.07, 6.45) is 0.945. The van der Waals surface area contributed by atoms with Gasteiger partial charge in [0.2, 0.25) is 5.91 Å². The lowest BCUT2D eigenvalue weighted by atomic mass is 9.83. The van der Waals surface area contributed by atoms with Gasteiger partial charge in [-0.25, -0.2) is 0 Å². The summed E-state index contributed by atoms with van der Waals surface area (Å²) in [5, 5.41) is 0. The third kappa shape index (κ3) is 2.50. The summed E-state index contributed by atoms with van der Waals surface area (Å²) in [7, 11) is 0. The molecule has 1 aromatic heterocycles. The van der Waals surface area contributed by atoms with E-state index in [0.29, 0.717) is 30.8 Å². The lowest BCUT2D eigenvalue weighted by molar-refractivity contribution is -0.134. The molecule has 1 aromatic carbocycles. The van der Waals surface area contributed by atoms with Crippen molar-refractivity contribution in [1.29, 1.82) is 0 Å². The molecular weight excluding hydrogens is 358 g/mol. The third-order valence-corrected chi connectivity index (χ3v) is 6.00. The van der Waals surface area contributed by atoms with Crippen LogP contribution in [0.4, 0.5) is 0 Å². The molecular formula is C21H19N3O4. The molecule has 3 aliphatic rings. The van der Waals surface area contributed by atoms with Crippen LogP contribution in [0.2, 0.25) is 0 Å². The first-order valence-corrected chi connectivity index (χ1v) is 9.45. The number of piperidine rings is 1. The monoisotopic (exact) mass is 377 g/mol. The molecule has 2 aromatic rings. The summed E-state index contributed by atoms with van der Waals surface area (Å²) < 4.78 is 1.81. The molecule has 28 heavy (non-hydrogen) atoms. The largest absolute Gasteiger partial charge is 0.340 e. The predicted octanol–water partition coefficient (Wildman–Crippen LogP) is 1.09. The van der Waals surface area contributed by atoms with Gasteiger partial charge in [-0.05, 0) is 30.5 Å². The molecule has 0 saturated carbocycles. The normalized spacial score (nSPS) is 22.9. The highest BCUT2D eigenvalue weighted by atomic mass is 16.2. The van der Waals surface area contributed by atoms with Gasteiger partial charge in [-0.1, -0.05) is 18.2 Å². The van der Waals surface area contributed by atoms with E-state index in [4.69, 9.17) is 0 Å². The number of hydrogen-bond donors (Lipinski definition) is 0. The second-order valence-electron chi connectivity index (χ2n) is 7.74. The van der Waals surface area contributed by atoms with E-state index in [9.17, 15) is 19.2 Å². The summed E-state index contributed by atoms with van der Waals surface area (Å²) >= 11 is 0. The maximum absolute atomic E-state index is 12.9. The van der Waals surface area contributed by atoms with Gasteiger partial charge in [0.15, 0.2) is 0 Å². The van der Waals surface area contributed by atoms with Gasteiger partial charge in [-0.15, -0.1) is 0 Å². The molecule has 7 heteroatoms. The molecule has 0 spiro atoms. The van der Waals surface area contributed by atoms with Gasteiger partial charge in [0, 0.05) is 37.3 Å². The first-order valence-electron chi connectivity index (χ1n) is 9.45. The maximum atomic E-state index is 12.9. The predicted molar refractivity (Wildman–Crippen MR) is 99.9 cm³/mol. The highest BCUT2D eigenvalue weighted by molar-refractivity contribution is 6.22. The molecule has 2 atom stereocenters. The number of imide groups is 1. The number of benzene rings is 1. The molecule has 5 rings (SSSR count). The number of rotatable bonds is 2. The van der Waals surface area contributed by atoms with Gasteiger partial charge in [0.25, 0.3) is 17.4 Å². The fraction of sp³-hybridized carbons (Fsp3) is 0.333. The molecule has 7 nitrogen and oxygen atoms in total. The minimum atomic E-state index is -0.414. The summed E-state index contributed by atoms with van der Waals surface area (Å²) in [5.74, 6) is -0.743. The standard InChI is InChI=1S/C21H19N3O4/c25-18-7-3-6-17-14-8-13(10-23(17)18)9-22(11-14)19(26)12-24-20(27)15-4-1-2-5-16(15)21(24)28/h1-7,13-14H,8-12H2/t13-,14+/m1/s1. The summed E-state index contributed by atoms with van der Waals surface area (Å²) in [4.78, 5) is 52.9. The Hall–Kier alpha value is -3.22. The zero-order chi connectivity index (χ0) is 19.4. The molecule has 4 heterocycles. The first kappa shape index (κ1) is 16.9. The molecule has 0 unspecified atom stereocenters. The van der Waals surface area contributed by atoms with Crippen LogP contribution in [0.25, 0.3) is 0 Å². The molecule has 2 bridgehead atoms. The second kappa shape index (κ2) is 6.15. The van der Waals surface area contributed by atoms with E-state index in [1.165, 1.54) is 0 Å². The second-order valence-corrected chi connectivity index (χ2v) is 7.74. The third-order valence-electron chi connectivity index (χ3n) is 6.00. The maximum Gasteiger partial charge on any atom is 0.262 e.